The highest BCUT2D eigenvalue weighted by Gasteiger charge is 2.28. The summed E-state index contributed by atoms with van der Waals surface area (Å²) < 4.78 is 5.74. The molecule has 2 atom stereocenters. The van der Waals surface area contributed by atoms with Gasteiger partial charge in [0, 0.05) is 30.5 Å². The van der Waals surface area contributed by atoms with E-state index in [4.69, 9.17) is 15.9 Å². The molecule has 0 saturated heterocycles. The number of carbonyl (C=O) groups is 5. The fraction of sp³-hybridized carbons (Fsp3) is 0.357. The van der Waals surface area contributed by atoms with E-state index in [2.05, 4.69) is 16.0 Å². The van der Waals surface area contributed by atoms with Gasteiger partial charge in [0.1, 0.15) is 29.3 Å². The summed E-state index contributed by atoms with van der Waals surface area (Å²) in [6.07, 6.45) is -1.52. The van der Waals surface area contributed by atoms with Crippen LogP contribution in [-0.4, -0.2) is 63.4 Å². The molecule has 0 aliphatic heterocycles. The van der Waals surface area contributed by atoms with Gasteiger partial charge >= 0.3 is 11.9 Å². The van der Waals surface area contributed by atoms with Crippen molar-refractivity contribution in [3.05, 3.63) is 59.7 Å². The van der Waals surface area contributed by atoms with Crippen molar-refractivity contribution >= 4 is 41.2 Å². The van der Waals surface area contributed by atoms with E-state index >= 15 is 0 Å². The summed E-state index contributed by atoms with van der Waals surface area (Å²) in [7, 11) is 0. The van der Waals surface area contributed by atoms with Gasteiger partial charge in [-0.2, -0.15) is 0 Å². The lowest BCUT2D eigenvalue weighted by atomic mass is 10.0. The summed E-state index contributed by atoms with van der Waals surface area (Å²) >= 11 is 0. The maximum Gasteiger partial charge on any atom is 0.326 e. The van der Waals surface area contributed by atoms with E-state index < -0.39 is 53.8 Å². The first kappa shape index (κ1) is 32.3. The fourth-order valence-corrected chi connectivity index (χ4v) is 3.59. The van der Waals surface area contributed by atoms with Crippen molar-refractivity contribution in [2.24, 2.45) is 5.73 Å². The monoisotopic (exact) mass is 569 g/mol. The first-order valence-corrected chi connectivity index (χ1v) is 12.7. The van der Waals surface area contributed by atoms with E-state index in [9.17, 15) is 34.2 Å². The van der Waals surface area contributed by atoms with Crippen molar-refractivity contribution in [2.45, 2.75) is 64.1 Å². The second-order valence-electron chi connectivity index (χ2n) is 10.2. The van der Waals surface area contributed by atoms with Gasteiger partial charge in [-0.1, -0.05) is 12.1 Å². The summed E-state index contributed by atoms with van der Waals surface area (Å²) in [6.45, 7) is 5.65. The SMILES string of the molecule is CC(C)(C)Oc1ccc(C[C@H](NC(=O)[C@H](CC(=O)O)NC(=O)CCC(=O)Nc2ccc(C(=N)N)cc2)C(=O)O)cc1. The molecule has 3 amide bonds. The topological polar surface area (TPSA) is 221 Å². The molecular formula is C28H35N5O8. The van der Waals surface area contributed by atoms with Crippen LogP contribution >= 0.6 is 0 Å². The van der Waals surface area contributed by atoms with Gasteiger partial charge in [0.15, 0.2) is 0 Å². The molecule has 0 aliphatic carbocycles. The summed E-state index contributed by atoms with van der Waals surface area (Å²) in [5, 5.41) is 33.4. The maximum atomic E-state index is 12.8. The molecule has 0 saturated carbocycles. The highest BCUT2D eigenvalue weighted by molar-refractivity contribution is 5.97. The van der Waals surface area contributed by atoms with Gasteiger partial charge in [-0.3, -0.25) is 24.6 Å². The Hall–Kier alpha value is -4.94. The van der Waals surface area contributed by atoms with Crippen molar-refractivity contribution in [3.8, 4) is 5.75 Å². The molecule has 8 N–H and O–H groups in total. The number of nitrogens with two attached hydrogens (primary N) is 1. The van der Waals surface area contributed by atoms with Crippen molar-refractivity contribution in [1.29, 1.82) is 5.41 Å². The van der Waals surface area contributed by atoms with E-state index in [1.54, 1.807) is 36.4 Å². The third-order valence-corrected chi connectivity index (χ3v) is 5.49. The van der Waals surface area contributed by atoms with E-state index in [1.807, 2.05) is 20.8 Å². The molecule has 0 aromatic heterocycles. The lowest BCUT2D eigenvalue weighted by molar-refractivity contribution is -0.143. The first-order chi connectivity index (χ1) is 19.1. The van der Waals surface area contributed by atoms with E-state index in [0.29, 0.717) is 22.6 Å². The molecule has 2 aromatic carbocycles. The third kappa shape index (κ3) is 11.8. The molecule has 13 nitrogen and oxygen atoms in total. The zero-order chi connectivity index (χ0) is 30.7. The van der Waals surface area contributed by atoms with E-state index in [1.165, 1.54) is 12.1 Å². The van der Waals surface area contributed by atoms with Crippen LogP contribution < -0.4 is 26.4 Å². The second-order valence-corrected chi connectivity index (χ2v) is 10.2. The van der Waals surface area contributed by atoms with Crippen LogP contribution in [0.3, 0.4) is 0 Å². The number of carboxylic acids is 2. The molecule has 41 heavy (non-hydrogen) atoms. The number of hydrogen-bond acceptors (Lipinski definition) is 7. The highest BCUT2D eigenvalue weighted by atomic mass is 16.5. The Morgan fingerprint density at radius 1 is 0.878 bits per heavy atom. The zero-order valence-corrected chi connectivity index (χ0v) is 23.0. The number of hydrogen-bond donors (Lipinski definition) is 7. The molecule has 2 rings (SSSR count). The minimum Gasteiger partial charge on any atom is -0.488 e. The minimum atomic E-state index is -1.56. The standard InChI is InChI=1S/C28H35N5O8/c1-28(2,3)41-19-10-4-16(5-11-19)14-21(27(39)40)33-26(38)20(15-24(36)37)32-23(35)13-12-22(34)31-18-8-6-17(7-9-18)25(29)30/h4-11,20-21H,12-15H2,1-3H3,(H3,29,30)(H,31,34)(H,32,35)(H,33,38)(H,36,37)(H,39,40)/t20-,21-/m0/s1. The number of anilines is 1. The van der Waals surface area contributed by atoms with Crippen molar-refractivity contribution in [2.75, 3.05) is 5.32 Å². The number of benzene rings is 2. The summed E-state index contributed by atoms with van der Waals surface area (Å²) in [6, 6.07) is 9.85. The van der Waals surface area contributed by atoms with Gasteiger partial charge in [-0.05, 0) is 62.7 Å². The molecular weight excluding hydrogens is 534 g/mol. The van der Waals surface area contributed by atoms with Crippen molar-refractivity contribution in [3.63, 3.8) is 0 Å². The predicted octanol–water partition coefficient (Wildman–Crippen LogP) is 1.64. The molecule has 13 heteroatoms. The Bertz CT molecular complexity index is 1270. The predicted molar refractivity (Wildman–Crippen MR) is 150 cm³/mol. The molecule has 0 aliphatic rings. The Morgan fingerprint density at radius 2 is 1.46 bits per heavy atom. The molecule has 220 valence electrons. The Morgan fingerprint density at radius 3 is 1.98 bits per heavy atom. The maximum absolute atomic E-state index is 12.8. The number of ether oxygens (including phenoxy) is 1. The lowest BCUT2D eigenvalue weighted by Gasteiger charge is -2.22. The smallest absolute Gasteiger partial charge is 0.326 e. The van der Waals surface area contributed by atoms with E-state index in [0.717, 1.165) is 0 Å². The number of nitrogens with one attached hydrogen (secondary N) is 4. The largest absolute Gasteiger partial charge is 0.488 e. The van der Waals surface area contributed by atoms with E-state index in [-0.39, 0.29) is 25.1 Å². The number of nitrogen functional groups attached to an aromatic ring is 1. The van der Waals surface area contributed by atoms with Crippen LogP contribution in [0.2, 0.25) is 0 Å². The van der Waals surface area contributed by atoms with Gasteiger partial charge < -0.3 is 36.6 Å². The molecule has 0 heterocycles. The highest BCUT2D eigenvalue weighted by Crippen LogP contribution is 2.19. The lowest BCUT2D eigenvalue weighted by Crippen LogP contribution is -2.53. The van der Waals surface area contributed by atoms with Gasteiger partial charge in [0.25, 0.3) is 0 Å². The molecule has 0 spiro atoms. The summed E-state index contributed by atoms with van der Waals surface area (Å²) in [5.74, 6) is -4.55. The fourth-order valence-electron chi connectivity index (χ4n) is 3.59. The normalized spacial score (nSPS) is 12.4. The zero-order valence-electron chi connectivity index (χ0n) is 23.0. The molecule has 0 bridgehead atoms. The average Bonchev–Trinajstić information content (AvgIpc) is 2.87. The first-order valence-electron chi connectivity index (χ1n) is 12.7. The van der Waals surface area contributed by atoms with Gasteiger partial charge in [0.05, 0.1) is 6.42 Å². The molecule has 0 radical (unpaired) electrons. The van der Waals surface area contributed by atoms with Crippen LogP contribution in [0.5, 0.6) is 5.75 Å². The Kier molecular flexibility index (Phi) is 11.4. The van der Waals surface area contributed by atoms with Crippen molar-refractivity contribution in [1.82, 2.24) is 10.6 Å². The Balaban J connectivity index is 1.96. The molecule has 0 fully saturated rings. The van der Waals surface area contributed by atoms with Crippen LogP contribution in [0.15, 0.2) is 48.5 Å². The van der Waals surface area contributed by atoms with Crippen LogP contribution in [-0.2, 0) is 30.4 Å². The number of aliphatic carboxylic acids is 2. The van der Waals surface area contributed by atoms with Crippen LogP contribution in [0.25, 0.3) is 0 Å². The second kappa shape index (κ2) is 14.4. The Labute approximate surface area is 237 Å². The number of carboxylic acid groups (broad SMARTS) is 2. The number of rotatable bonds is 14. The number of amides is 3. The third-order valence-electron chi connectivity index (χ3n) is 5.49. The number of amidine groups is 1. The average molecular weight is 570 g/mol. The summed E-state index contributed by atoms with van der Waals surface area (Å²) in [5.41, 5.74) is 6.44. The number of carbonyl (C=O) groups excluding carboxylic acids is 3. The minimum absolute atomic E-state index is 0.0990. The molecule has 0 unspecified atom stereocenters. The van der Waals surface area contributed by atoms with Gasteiger partial charge in [-0.25, -0.2) is 4.79 Å². The van der Waals surface area contributed by atoms with Crippen LogP contribution in [0.1, 0.15) is 51.2 Å². The van der Waals surface area contributed by atoms with Crippen LogP contribution in [0.4, 0.5) is 5.69 Å². The molecule has 2 aromatic rings. The summed E-state index contributed by atoms with van der Waals surface area (Å²) in [4.78, 5) is 60.6. The van der Waals surface area contributed by atoms with Gasteiger partial charge in [-0.15, -0.1) is 0 Å². The van der Waals surface area contributed by atoms with Gasteiger partial charge in [0.2, 0.25) is 17.7 Å². The quantitative estimate of drug-likeness (QED) is 0.130. The van der Waals surface area contributed by atoms with Crippen molar-refractivity contribution < 1.29 is 38.9 Å². The van der Waals surface area contributed by atoms with Crippen LogP contribution in [0, 0.1) is 5.41 Å².